The van der Waals surface area contributed by atoms with Crippen LogP contribution in [0.2, 0.25) is 0 Å². The molecule has 0 amide bonds. The van der Waals surface area contributed by atoms with Crippen molar-refractivity contribution in [2.45, 2.75) is 19.4 Å². The second kappa shape index (κ2) is 7.22. The minimum Gasteiger partial charge on any atom is -0.309 e. The van der Waals surface area contributed by atoms with Gasteiger partial charge in [-0.05, 0) is 18.1 Å². The first kappa shape index (κ1) is 15.6. The smallest absolute Gasteiger partial charge is 0.309 e. The van der Waals surface area contributed by atoms with Crippen LogP contribution in [0.3, 0.4) is 0 Å². The van der Waals surface area contributed by atoms with Gasteiger partial charge in [0, 0.05) is 18.0 Å². The summed E-state index contributed by atoms with van der Waals surface area (Å²) in [4.78, 5) is 3.79. The minimum absolute atomic E-state index is 0.0854. The molecule has 1 aromatic heterocycles. The number of alkyl halides is 3. The fraction of sp³-hybridized carbons (Fsp3) is 0.500. The lowest BCUT2D eigenvalue weighted by Gasteiger charge is -2.11. The zero-order chi connectivity index (χ0) is 13.6. The molecule has 0 fully saturated rings. The molecule has 0 aliphatic carbocycles. The van der Waals surface area contributed by atoms with Crippen molar-refractivity contribution in [2.24, 2.45) is 0 Å². The number of hydrogen-bond acceptors (Lipinski definition) is 4. The summed E-state index contributed by atoms with van der Waals surface area (Å²) in [5, 5.41) is 0. The molecule has 0 atom stereocenters. The lowest BCUT2D eigenvalue weighted by atomic mass is 10.1. The number of nitrogens with zero attached hydrogens (tertiary/aromatic N) is 1. The van der Waals surface area contributed by atoms with E-state index >= 15 is 0 Å². The highest BCUT2D eigenvalue weighted by Gasteiger charge is 2.31. The zero-order valence-electron chi connectivity index (χ0n) is 9.82. The minimum atomic E-state index is -4.40. The monoisotopic (exact) mass is 300 g/mol. The van der Waals surface area contributed by atoms with Gasteiger partial charge in [-0.25, -0.2) is 0 Å². The van der Waals surface area contributed by atoms with Crippen LogP contribution in [0.25, 0.3) is 0 Å². The van der Waals surface area contributed by atoms with Crippen LogP contribution >= 0.6 is 12.0 Å². The molecule has 0 saturated heterocycles. The molecule has 0 unspecified atom stereocenters. The third kappa shape index (κ3) is 4.68. The van der Waals surface area contributed by atoms with Crippen molar-refractivity contribution in [3.05, 3.63) is 29.1 Å². The van der Waals surface area contributed by atoms with Crippen LogP contribution in [0, 0.1) is 0 Å². The number of halogens is 3. The van der Waals surface area contributed by atoms with Gasteiger partial charge in [0.1, 0.15) is 31.5 Å². The van der Waals surface area contributed by atoms with E-state index in [2.05, 4.69) is 4.98 Å². The largest absolute Gasteiger partial charge is 0.417 e. The number of aromatic nitrogens is 1. The third-order valence-corrected chi connectivity index (χ3v) is 2.79. The molecule has 0 N–H and O–H groups in total. The molecule has 1 aromatic rings. The van der Waals surface area contributed by atoms with Gasteiger partial charge in [-0.15, -0.1) is 0 Å². The average Bonchev–Trinajstić information content (AvgIpc) is 2.33. The van der Waals surface area contributed by atoms with Gasteiger partial charge in [0.25, 0.3) is 0 Å². The Morgan fingerprint density at radius 3 is 2.67 bits per heavy atom. The van der Waals surface area contributed by atoms with Crippen molar-refractivity contribution >= 4 is 24.1 Å². The molecule has 0 saturated carbocycles. The predicted octanol–water partition coefficient (Wildman–Crippen LogP) is 2.77. The summed E-state index contributed by atoms with van der Waals surface area (Å²) < 4.78 is 47.9. The van der Waals surface area contributed by atoms with Gasteiger partial charge in [-0.3, -0.25) is 4.98 Å². The van der Waals surface area contributed by atoms with Crippen molar-refractivity contribution < 1.29 is 21.5 Å². The Balaban J connectivity index is 2.96. The Kier molecular flexibility index (Phi) is 6.27. The van der Waals surface area contributed by atoms with Gasteiger partial charge in [0.15, 0.2) is 0 Å². The predicted molar refractivity (Wildman–Crippen MR) is 67.0 cm³/mol. The van der Waals surface area contributed by atoms with E-state index in [0.717, 1.165) is 24.3 Å². The Labute approximate surface area is 112 Å². The van der Waals surface area contributed by atoms with E-state index in [1.165, 1.54) is 0 Å². The number of rotatable bonds is 6. The van der Waals surface area contributed by atoms with E-state index in [1.807, 2.05) is 0 Å². The Morgan fingerprint density at radius 1 is 1.39 bits per heavy atom. The van der Waals surface area contributed by atoms with Crippen LogP contribution in [0.4, 0.5) is 13.2 Å². The molecule has 0 aliphatic heterocycles. The molecule has 1 rings (SSSR count). The summed E-state index contributed by atoms with van der Waals surface area (Å²) in [7, 11) is 0. The SMILES string of the molecule is CSOCc1ncc(C(F)(F)F)cc1CO[SH+]C. The summed E-state index contributed by atoms with van der Waals surface area (Å²) in [6.07, 6.45) is -0.110. The van der Waals surface area contributed by atoms with Crippen LogP contribution < -0.4 is 0 Å². The molecule has 0 radical (unpaired) electrons. The summed E-state index contributed by atoms with van der Waals surface area (Å²) in [5.41, 5.74) is 0.0796. The molecular formula is C10H13F3NO2S2+. The second-order valence-corrected chi connectivity index (χ2v) is 4.40. The van der Waals surface area contributed by atoms with Gasteiger partial charge in [0.2, 0.25) is 0 Å². The van der Waals surface area contributed by atoms with Gasteiger partial charge in [-0.1, -0.05) is 0 Å². The quantitative estimate of drug-likeness (QED) is 0.459. The lowest BCUT2D eigenvalue weighted by molar-refractivity contribution is -0.137. The molecule has 0 aromatic carbocycles. The summed E-state index contributed by atoms with van der Waals surface area (Å²) >= 11 is 1.78. The van der Waals surface area contributed by atoms with Gasteiger partial charge < -0.3 is 4.18 Å². The number of pyridine rings is 1. The molecule has 0 bridgehead atoms. The van der Waals surface area contributed by atoms with Gasteiger partial charge in [0.05, 0.1) is 11.3 Å². The summed E-state index contributed by atoms with van der Waals surface area (Å²) in [6, 6.07) is 1.05. The fourth-order valence-corrected chi connectivity index (χ4v) is 1.70. The van der Waals surface area contributed by atoms with Crippen molar-refractivity contribution in [1.82, 2.24) is 4.98 Å². The van der Waals surface area contributed by atoms with E-state index in [0.29, 0.717) is 23.3 Å². The first-order chi connectivity index (χ1) is 8.49. The van der Waals surface area contributed by atoms with E-state index < -0.39 is 11.7 Å². The van der Waals surface area contributed by atoms with Crippen molar-refractivity contribution in [3.63, 3.8) is 0 Å². The molecular weight excluding hydrogens is 287 g/mol. The highest BCUT2D eigenvalue weighted by molar-refractivity contribution is 7.93. The van der Waals surface area contributed by atoms with Crippen LogP contribution in [0.15, 0.2) is 12.3 Å². The number of hydrogen-bond donors (Lipinski definition) is 0. The molecule has 8 heteroatoms. The highest BCUT2D eigenvalue weighted by Crippen LogP contribution is 2.30. The van der Waals surface area contributed by atoms with Gasteiger partial charge >= 0.3 is 6.18 Å². The Hall–Kier alpha value is -0.440. The van der Waals surface area contributed by atoms with Crippen molar-refractivity contribution in [2.75, 3.05) is 12.5 Å². The maximum absolute atomic E-state index is 12.6. The molecule has 18 heavy (non-hydrogen) atoms. The first-order valence-corrected chi connectivity index (χ1v) is 7.31. The average molecular weight is 300 g/mol. The second-order valence-electron chi connectivity index (χ2n) is 3.21. The van der Waals surface area contributed by atoms with E-state index in [-0.39, 0.29) is 13.2 Å². The Bertz CT molecular complexity index is 388. The van der Waals surface area contributed by atoms with Crippen molar-refractivity contribution in [1.29, 1.82) is 0 Å². The van der Waals surface area contributed by atoms with Crippen LogP contribution in [-0.2, 0) is 39.8 Å². The lowest BCUT2D eigenvalue weighted by Crippen LogP contribution is -2.09. The van der Waals surface area contributed by atoms with Crippen LogP contribution in [0.1, 0.15) is 16.8 Å². The molecule has 102 valence electrons. The van der Waals surface area contributed by atoms with E-state index in [4.69, 9.17) is 8.37 Å². The standard InChI is InChI=1S/C10H12F3NO2S2/c1-17-15-5-7-3-8(10(11,12)13)4-14-9(7)6-16-18-2/h3-4H,5-6H2,1-2H3/p+1. The first-order valence-electron chi connectivity index (χ1n) is 4.90. The highest BCUT2D eigenvalue weighted by atomic mass is 32.2. The maximum atomic E-state index is 12.6. The maximum Gasteiger partial charge on any atom is 0.417 e. The Morgan fingerprint density at radius 2 is 2.11 bits per heavy atom. The zero-order valence-corrected chi connectivity index (χ0v) is 11.5. The molecule has 3 nitrogen and oxygen atoms in total. The van der Waals surface area contributed by atoms with E-state index in [1.54, 1.807) is 12.5 Å². The van der Waals surface area contributed by atoms with Gasteiger partial charge in [-0.2, -0.15) is 17.4 Å². The summed E-state index contributed by atoms with van der Waals surface area (Å²) in [6.45, 7) is 0.237. The van der Waals surface area contributed by atoms with E-state index in [9.17, 15) is 13.2 Å². The summed E-state index contributed by atoms with van der Waals surface area (Å²) in [5.74, 6) is 0. The normalized spacial score (nSPS) is 11.8. The molecule has 0 aliphatic rings. The molecule has 0 spiro atoms. The van der Waals surface area contributed by atoms with Crippen molar-refractivity contribution in [3.8, 4) is 0 Å². The molecule has 1 heterocycles. The number of thiol groups is 1. The third-order valence-electron chi connectivity index (χ3n) is 2.05. The van der Waals surface area contributed by atoms with Crippen LogP contribution in [-0.4, -0.2) is 17.5 Å². The van der Waals surface area contributed by atoms with Crippen LogP contribution in [0.5, 0.6) is 0 Å². The topological polar surface area (TPSA) is 31.4 Å². The fourth-order valence-electron chi connectivity index (χ4n) is 1.20.